The van der Waals surface area contributed by atoms with Gasteiger partial charge in [-0.1, -0.05) is 18.2 Å². The molecule has 1 fully saturated rings. The highest BCUT2D eigenvalue weighted by Crippen LogP contribution is 2.36. The van der Waals surface area contributed by atoms with Crippen molar-refractivity contribution in [3.63, 3.8) is 0 Å². The summed E-state index contributed by atoms with van der Waals surface area (Å²) >= 11 is 0. The average molecular weight is 269 g/mol. The number of hydrogen-bond donors (Lipinski definition) is 2. The Morgan fingerprint density at radius 1 is 1.39 bits per heavy atom. The highest BCUT2D eigenvalue weighted by atomic mass is 32.2. The Hall–Kier alpha value is -1.40. The minimum Gasteiger partial charge on any atom is -0.481 e. The normalized spacial score (nSPS) is 17.4. The summed E-state index contributed by atoms with van der Waals surface area (Å²) in [5.41, 5.74) is 5.73. The van der Waals surface area contributed by atoms with Crippen LogP contribution in [0.5, 0.6) is 0 Å². The molecule has 1 aromatic rings. The number of nitrogens with two attached hydrogens (primary N) is 1. The summed E-state index contributed by atoms with van der Waals surface area (Å²) in [7, 11) is -3.40. The van der Waals surface area contributed by atoms with E-state index in [4.69, 9.17) is 10.8 Å². The Morgan fingerprint density at radius 3 is 2.50 bits per heavy atom. The number of carbonyl (C=O) groups is 1. The Bertz CT molecular complexity index is 563. The molecule has 1 aliphatic carbocycles. The maximum absolute atomic E-state index is 12.2. The molecule has 6 heteroatoms. The van der Waals surface area contributed by atoms with Crippen molar-refractivity contribution in [2.45, 2.75) is 28.9 Å². The summed E-state index contributed by atoms with van der Waals surface area (Å²) in [5, 5.41) is 8.74. The smallest absolute Gasteiger partial charge is 0.312 e. The number of rotatable bonds is 5. The fraction of sp³-hybridized carbons (Fsp3) is 0.417. The summed E-state index contributed by atoms with van der Waals surface area (Å²) in [6.07, 6.45) is 1.30. The van der Waals surface area contributed by atoms with E-state index >= 15 is 0 Å². The third-order valence-electron chi connectivity index (χ3n) is 3.10. The maximum Gasteiger partial charge on any atom is 0.312 e. The van der Waals surface area contributed by atoms with Gasteiger partial charge in [0.15, 0.2) is 9.84 Å². The molecule has 0 radical (unpaired) electrons. The van der Waals surface area contributed by atoms with Crippen LogP contribution in [0.2, 0.25) is 0 Å². The van der Waals surface area contributed by atoms with Gasteiger partial charge in [0.05, 0.1) is 16.1 Å². The van der Waals surface area contributed by atoms with Crippen LogP contribution >= 0.6 is 0 Å². The number of benzene rings is 1. The lowest BCUT2D eigenvalue weighted by Crippen LogP contribution is -2.23. The molecule has 1 aromatic carbocycles. The first-order valence-electron chi connectivity index (χ1n) is 5.74. The molecule has 98 valence electrons. The molecule has 3 N–H and O–H groups in total. The van der Waals surface area contributed by atoms with E-state index in [1.807, 2.05) is 0 Å². The molecule has 18 heavy (non-hydrogen) atoms. The van der Waals surface area contributed by atoms with Crippen LogP contribution in [0.15, 0.2) is 29.2 Å². The monoisotopic (exact) mass is 269 g/mol. The highest BCUT2D eigenvalue weighted by molar-refractivity contribution is 7.92. The Balaban J connectivity index is 2.52. The topological polar surface area (TPSA) is 97.5 Å². The van der Waals surface area contributed by atoms with Crippen molar-refractivity contribution in [3.05, 3.63) is 29.8 Å². The van der Waals surface area contributed by atoms with E-state index < -0.39 is 21.7 Å². The molecule has 0 amide bonds. The molecule has 0 heterocycles. The summed E-state index contributed by atoms with van der Waals surface area (Å²) < 4.78 is 24.4. The molecular weight excluding hydrogens is 254 g/mol. The lowest BCUT2D eigenvalue weighted by atomic mass is 10.00. The first kappa shape index (κ1) is 13.0. The zero-order valence-electron chi connectivity index (χ0n) is 9.74. The first-order chi connectivity index (χ1) is 8.48. The van der Waals surface area contributed by atoms with Crippen molar-refractivity contribution < 1.29 is 18.3 Å². The van der Waals surface area contributed by atoms with Crippen LogP contribution in [-0.4, -0.2) is 31.3 Å². The zero-order valence-corrected chi connectivity index (χ0v) is 10.6. The van der Waals surface area contributed by atoms with E-state index in [1.54, 1.807) is 12.1 Å². The van der Waals surface area contributed by atoms with Gasteiger partial charge in [-0.05, 0) is 24.5 Å². The first-order valence-corrected chi connectivity index (χ1v) is 7.28. The summed E-state index contributed by atoms with van der Waals surface area (Å²) in [6, 6.07) is 6.23. The fourth-order valence-corrected chi connectivity index (χ4v) is 3.87. The number of hydrogen-bond acceptors (Lipinski definition) is 4. The standard InChI is InChI=1S/C12H15NO4S/c13-7-10(12(14)15)9-3-1-2-4-11(9)18(16,17)8-5-6-8/h1-4,8,10H,5-7,13H2,(H,14,15). The van der Waals surface area contributed by atoms with Gasteiger partial charge >= 0.3 is 5.97 Å². The van der Waals surface area contributed by atoms with Gasteiger partial charge in [-0.15, -0.1) is 0 Å². The van der Waals surface area contributed by atoms with E-state index in [0.29, 0.717) is 18.4 Å². The second kappa shape index (κ2) is 4.70. The third-order valence-corrected chi connectivity index (χ3v) is 5.43. The number of carboxylic acid groups (broad SMARTS) is 1. The third kappa shape index (κ3) is 2.26. The quantitative estimate of drug-likeness (QED) is 0.822. The van der Waals surface area contributed by atoms with Gasteiger partial charge in [0, 0.05) is 6.54 Å². The van der Waals surface area contributed by atoms with Crippen molar-refractivity contribution in [2.24, 2.45) is 5.73 Å². The molecule has 1 saturated carbocycles. The van der Waals surface area contributed by atoms with Gasteiger partial charge in [0.1, 0.15) is 0 Å². The molecule has 0 bridgehead atoms. The molecule has 1 aliphatic rings. The van der Waals surface area contributed by atoms with Crippen LogP contribution in [0.4, 0.5) is 0 Å². The van der Waals surface area contributed by atoms with E-state index in [2.05, 4.69) is 0 Å². The van der Waals surface area contributed by atoms with Gasteiger partial charge in [0.25, 0.3) is 0 Å². The van der Waals surface area contributed by atoms with Crippen LogP contribution < -0.4 is 5.73 Å². The number of carboxylic acids is 1. The van der Waals surface area contributed by atoms with E-state index in [0.717, 1.165) is 0 Å². The Morgan fingerprint density at radius 2 is 2.00 bits per heavy atom. The lowest BCUT2D eigenvalue weighted by molar-refractivity contribution is -0.138. The predicted molar refractivity (Wildman–Crippen MR) is 66.1 cm³/mol. The zero-order chi connectivity index (χ0) is 13.3. The minimum atomic E-state index is -3.40. The largest absolute Gasteiger partial charge is 0.481 e. The minimum absolute atomic E-state index is 0.116. The predicted octanol–water partition coefficient (Wildman–Crippen LogP) is 0.750. The van der Waals surface area contributed by atoms with Crippen molar-refractivity contribution >= 4 is 15.8 Å². The summed E-state index contributed by atoms with van der Waals surface area (Å²) in [4.78, 5) is 11.2. The van der Waals surface area contributed by atoms with Gasteiger partial charge in [-0.2, -0.15) is 0 Å². The molecule has 0 aromatic heterocycles. The van der Waals surface area contributed by atoms with Crippen molar-refractivity contribution in [3.8, 4) is 0 Å². The van der Waals surface area contributed by atoms with Gasteiger partial charge < -0.3 is 10.8 Å². The Labute approximate surface area is 106 Å². The molecular formula is C12H15NO4S. The number of aliphatic carboxylic acids is 1. The van der Waals surface area contributed by atoms with Crippen LogP contribution in [-0.2, 0) is 14.6 Å². The molecule has 5 nitrogen and oxygen atoms in total. The second-order valence-electron chi connectivity index (χ2n) is 4.41. The highest BCUT2D eigenvalue weighted by Gasteiger charge is 2.39. The van der Waals surface area contributed by atoms with Crippen LogP contribution in [0.3, 0.4) is 0 Å². The van der Waals surface area contributed by atoms with Crippen LogP contribution in [0.1, 0.15) is 24.3 Å². The molecule has 0 spiro atoms. The summed E-state index contributed by atoms with van der Waals surface area (Å²) in [6.45, 7) is -0.119. The lowest BCUT2D eigenvalue weighted by Gasteiger charge is -2.15. The van der Waals surface area contributed by atoms with Gasteiger partial charge in [-0.25, -0.2) is 8.42 Å². The Kier molecular flexibility index (Phi) is 3.41. The van der Waals surface area contributed by atoms with Crippen molar-refractivity contribution in [2.75, 3.05) is 6.54 Å². The molecule has 2 rings (SSSR count). The van der Waals surface area contributed by atoms with Gasteiger partial charge in [0.2, 0.25) is 0 Å². The fourth-order valence-electron chi connectivity index (χ4n) is 1.95. The molecule has 0 aliphatic heterocycles. The second-order valence-corrected chi connectivity index (χ2v) is 6.61. The number of sulfone groups is 1. The van der Waals surface area contributed by atoms with Crippen molar-refractivity contribution in [1.82, 2.24) is 0 Å². The van der Waals surface area contributed by atoms with Crippen LogP contribution in [0.25, 0.3) is 0 Å². The summed E-state index contributed by atoms with van der Waals surface area (Å²) in [5.74, 6) is -2.08. The average Bonchev–Trinajstić information content (AvgIpc) is 3.14. The van der Waals surface area contributed by atoms with E-state index in [-0.39, 0.29) is 16.7 Å². The molecule has 1 unspecified atom stereocenters. The molecule has 0 saturated heterocycles. The van der Waals surface area contributed by atoms with Crippen molar-refractivity contribution in [1.29, 1.82) is 0 Å². The van der Waals surface area contributed by atoms with E-state index in [9.17, 15) is 13.2 Å². The van der Waals surface area contributed by atoms with Gasteiger partial charge in [-0.3, -0.25) is 4.79 Å². The van der Waals surface area contributed by atoms with E-state index in [1.165, 1.54) is 12.1 Å². The van der Waals surface area contributed by atoms with Crippen LogP contribution in [0, 0.1) is 0 Å². The molecule has 1 atom stereocenters. The maximum atomic E-state index is 12.2. The SMILES string of the molecule is NCC(C(=O)O)c1ccccc1S(=O)(=O)C1CC1.